The normalized spacial score (nSPS) is 11.4. The highest BCUT2D eigenvalue weighted by Crippen LogP contribution is 2.33. The van der Waals surface area contributed by atoms with E-state index in [-0.39, 0.29) is 12.1 Å². The van der Waals surface area contributed by atoms with E-state index in [1.807, 2.05) is 6.07 Å². The zero-order valence-corrected chi connectivity index (χ0v) is 15.4. The molecule has 4 rings (SSSR count). The van der Waals surface area contributed by atoms with Crippen molar-refractivity contribution < 1.29 is 22.7 Å². The van der Waals surface area contributed by atoms with Crippen molar-refractivity contribution in [3.8, 4) is 0 Å². The fraction of sp³-hybridized carbons (Fsp3) is 0.136. The maximum Gasteiger partial charge on any atom is 0.249 e. The van der Waals surface area contributed by atoms with Crippen LogP contribution in [0.5, 0.6) is 0 Å². The van der Waals surface area contributed by atoms with E-state index in [0.717, 1.165) is 11.6 Å². The van der Waals surface area contributed by atoms with E-state index in [0.29, 0.717) is 40.0 Å². The summed E-state index contributed by atoms with van der Waals surface area (Å²) in [6.07, 6.45) is 0. The number of fused-ring (bicyclic) bond motifs is 3. The summed E-state index contributed by atoms with van der Waals surface area (Å²) in [5.41, 5.74) is 7.88. The second-order valence-electron chi connectivity index (χ2n) is 6.71. The van der Waals surface area contributed by atoms with Gasteiger partial charge in [-0.1, -0.05) is 6.07 Å². The van der Waals surface area contributed by atoms with Gasteiger partial charge in [-0.15, -0.1) is 0 Å². The van der Waals surface area contributed by atoms with E-state index in [1.54, 1.807) is 35.9 Å². The van der Waals surface area contributed by atoms with Crippen molar-refractivity contribution in [2.45, 2.75) is 13.2 Å². The van der Waals surface area contributed by atoms with E-state index in [2.05, 4.69) is 6.07 Å². The van der Waals surface area contributed by atoms with Crippen molar-refractivity contribution >= 4 is 27.7 Å². The van der Waals surface area contributed by atoms with Crippen LogP contribution in [0, 0.1) is 23.5 Å². The standard InChI is InChI=1S/C22H16F3N2O2/c1-29-11-12-5-6-14-20(7-12)27(10-13-8-17(24)18(25)9-16(13)23)19-4-2-3-15(21(14)19)22(26)28/h2-5,7-9H,10-11H2,1H3,(H2,26,28). The fourth-order valence-corrected chi connectivity index (χ4v) is 3.58. The Morgan fingerprint density at radius 2 is 1.86 bits per heavy atom. The third-order valence-corrected chi connectivity index (χ3v) is 4.85. The molecule has 0 spiro atoms. The molecule has 29 heavy (non-hydrogen) atoms. The zero-order valence-electron chi connectivity index (χ0n) is 15.4. The van der Waals surface area contributed by atoms with Gasteiger partial charge in [0.05, 0.1) is 24.2 Å². The Hall–Kier alpha value is -3.32. The monoisotopic (exact) mass is 397 g/mol. The van der Waals surface area contributed by atoms with Crippen molar-refractivity contribution in [2.24, 2.45) is 5.73 Å². The van der Waals surface area contributed by atoms with Gasteiger partial charge in [0.25, 0.3) is 0 Å². The number of nitrogens with zero attached hydrogens (tertiary/aromatic N) is 1. The van der Waals surface area contributed by atoms with Gasteiger partial charge in [0.2, 0.25) is 5.91 Å². The second-order valence-corrected chi connectivity index (χ2v) is 6.71. The number of nitrogens with two attached hydrogens (primary N) is 1. The van der Waals surface area contributed by atoms with Gasteiger partial charge in [-0.2, -0.15) is 0 Å². The molecule has 0 bridgehead atoms. The first-order chi connectivity index (χ1) is 13.9. The Balaban J connectivity index is 2.02. The SMILES string of the molecule is COCc1c[c]c2c3c(C(N)=O)cccc3n(Cc3cc(F)c(F)cc3F)c2c1. The molecule has 0 aliphatic heterocycles. The van der Waals surface area contributed by atoms with E-state index in [4.69, 9.17) is 10.5 Å². The topological polar surface area (TPSA) is 57.2 Å². The van der Waals surface area contributed by atoms with Gasteiger partial charge in [-0.25, -0.2) is 13.2 Å². The molecule has 1 amide bonds. The summed E-state index contributed by atoms with van der Waals surface area (Å²) >= 11 is 0. The Morgan fingerprint density at radius 1 is 1.10 bits per heavy atom. The quantitative estimate of drug-likeness (QED) is 0.511. The Bertz CT molecular complexity index is 1260. The fourth-order valence-electron chi connectivity index (χ4n) is 3.58. The summed E-state index contributed by atoms with van der Waals surface area (Å²) in [5, 5.41) is 1.19. The molecule has 4 aromatic rings. The van der Waals surface area contributed by atoms with E-state index in [1.165, 1.54) is 0 Å². The number of carbonyl (C=O) groups excluding carboxylic acids is 1. The van der Waals surface area contributed by atoms with Crippen LogP contribution in [0.2, 0.25) is 0 Å². The van der Waals surface area contributed by atoms with Crippen molar-refractivity contribution in [2.75, 3.05) is 7.11 Å². The van der Waals surface area contributed by atoms with Crippen LogP contribution in [-0.2, 0) is 17.9 Å². The van der Waals surface area contributed by atoms with Gasteiger partial charge in [0.1, 0.15) is 5.82 Å². The van der Waals surface area contributed by atoms with Gasteiger partial charge < -0.3 is 15.0 Å². The molecular weight excluding hydrogens is 381 g/mol. The summed E-state index contributed by atoms with van der Waals surface area (Å²) in [4.78, 5) is 12.0. The lowest BCUT2D eigenvalue weighted by Gasteiger charge is -2.10. The molecular formula is C22H16F3N2O2. The molecule has 147 valence electrons. The van der Waals surface area contributed by atoms with Gasteiger partial charge in [-0.05, 0) is 42.0 Å². The zero-order chi connectivity index (χ0) is 20.7. The minimum Gasteiger partial charge on any atom is -0.380 e. The lowest BCUT2D eigenvalue weighted by atomic mass is 10.0. The highest BCUT2D eigenvalue weighted by molar-refractivity contribution is 6.17. The molecule has 7 heteroatoms. The lowest BCUT2D eigenvalue weighted by Crippen LogP contribution is -2.11. The number of hydrogen-bond acceptors (Lipinski definition) is 2. The van der Waals surface area contributed by atoms with Gasteiger partial charge >= 0.3 is 0 Å². The molecule has 0 fully saturated rings. The number of ether oxygens (including phenoxy) is 1. The van der Waals surface area contributed by atoms with E-state index >= 15 is 0 Å². The molecule has 0 aliphatic carbocycles. The molecule has 1 radical (unpaired) electrons. The summed E-state index contributed by atoms with van der Waals surface area (Å²) in [6, 6.07) is 13.1. The van der Waals surface area contributed by atoms with Crippen LogP contribution in [0.1, 0.15) is 21.5 Å². The second kappa shape index (κ2) is 7.25. The smallest absolute Gasteiger partial charge is 0.249 e. The highest BCUT2D eigenvalue weighted by Gasteiger charge is 2.19. The maximum atomic E-state index is 14.3. The van der Waals surface area contributed by atoms with Crippen molar-refractivity contribution in [1.82, 2.24) is 4.57 Å². The first-order valence-corrected chi connectivity index (χ1v) is 8.78. The molecule has 1 heterocycles. The number of aromatic nitrogens is 1. The number of amides is 1. The number of halogens is 3. The molecule has 0 unspecified atom stereocenters. The number of primary amides is 1. The van der Waals surface area contributed by atoms with Crippen molar-refractivity contribution in [3.05, 3.63) is 82.7 Å². The van der Waals surface area contributed by atoms with Crippen LogP contribution in [0.15, 0.2) is 42.5 Å². The average molecular weight is 397 g/mol. The predicted molar refractivity (Wildman–Crippen MR) is 103 cm³/mol. The van der Waals surface area contributed by atoms with E-state index in [9.17, 15) is 18.0 Å². The first kappa shape index (κ1) is 19.0. The Morgan fingerprint density at radius 3 is 2.59 bits per heavy atom. The van der Waals surface area contributed by atoms with Crippen LogP contribution < -0.4 is 5.73 Å². The minimum absolute atomic E-state index is 0.0238. The molecule has 4 nitrogen and oxygen atoms in total. The molecule has 0 atom stereocenters. The maximum absolute atomic E-state index is 14.3. The predicted octanol–water partition coefficient (Wildman–Crippen LogP) is 4.31. The summed E-state index contributed by atoms with van der Waals surface area (Å²) < 4.78 is 48.2. The number of benzene rings is 3. The molecule has 0 saturated carbocycles. The van der Waals surface area contributed by atoms with Crippen molar-refractivity contribution in [3.63, 3.8) is 0 Å². The number of hydrogen-bond donors (Lipinski definition) is 1. The number of carbonyl (C=O) groups is 1. The van der Waals surface area contributed by atoms with Crippen LogP contribution in [0.25, 0.3) is 21.8 Å². The summed E-state index contributed by atoms with van der Waals surface area (Å²) in [6.45, 7) is 0.256. The molecule has 1 aromatic heterocycles. The van der Waals surface area contributed by atoms with Crippen LogP contribution in [0.4, 0.5) is 13.2 Å². The van der Waals surface area contributed by atoms with E-state index < -0.39 is 23.4 Å². The molecule has 0 aliphatic rings. The van der Waals surface area contributed by atoms with Gasteiger partial charge in [0.15, 0.2) is 11.6 Å². The Kier molecular flexibility index (Phi) is 4.76. The lowest BCUT2D eigenvalue weighted by molar-refractivity contribution is 0.100. The summed E-state index contributed by atoms with van der Waals surface area (Å²) in [7, 11) is 1.56. The third kappa shape index (κ3) is 3.23. The minimum atomic E-state index is -1.25. The van der Waals surface area contributed by atoms with Gasteiger partial charge in [0, 0.05) is 35.1 Å². The first-order valence-electron chi connectivity index (χ1n) is 8.78. The Labute approximate surface area is 164 Å². The van der Waals surface area contributed by atoms with Gasteiger partial charge in [-0.3, -0.25) is 4.79 Å². The molecule has 2 N–H and O–H groups in total. The highest BCUT2D eigenvalue weighted by atomic mass is 19.2. The number of rotatable bonds is 5. The third-order valence-electron chi connectivity index (χ3n) is 4.85. The van der Waals surface area contributed by atoms with Crippen molar-refractivity contribution in [1.29, 1.82) is 0 Å². The summed E-state index contributed by atoms with van der Waals surface area (Å²) in [5.74, 6) is -3.85. The molecule has 0 saturated heterocycles. The average Bonchev–Trinajstić information content (AvgIpc) is 2.99. The van der Waals surface area contributed by atoms with Crippen LogP contribution >= 0.6 is 0 Å². The van der Waals surface area contributed by atoms with Crippen LogP contribution in [0.3, 0.4) is 0 Å². The number of methoxy groups -OCH3 is 1. The van der Waals surface area contributed by atoms with Crippen LogP contribution in [-0.4, -0.2) is 17.6 Å². The molecule has 3 aromatic carbocycles. The largest absolute Gasteiger partial charge is 0.380 e.